The Labute approximate surface area is 190 Å². The molecular weight excluding hydrogens is 468 g/mol. The molecule has 0 aliphatic heterocycles. The molecule has 3 rings (SSSR count). The lowest BCUT2D eigenvalue weighted by Gasteiger charge is -2.10. The lowest BCUT2D eigenvalue weighted by atomic mass is 10.3. The maximum absolute atomic E-state index is 12.3. The molecule has 1 aromatic carbocycles. The number of aromatic nitrogens is 3. The number of furan rings is 1. The van der Waals surface area contributed by atoms with Gasteiger partial charge in [-0.05, 0) is 30.3 Å². The van der Waals surface area contributed by atoms with E-state index in [0.717, 1.165) is 11.8 Å². The van der Waals surface area contributed by atoms with Gasteiger partial charge < -0.3 is 20.2 Å². The van der Waals surface area contributed by atoms with Gasteiger partial charge in [0, 0.05) is 18.5 Å². The molecule has 0 fully saturated rings. The number of halogens is 3. The van der Waals surface area contributed by atoms with Crippen molar-refractivity contribution >= 4 is 40.9 Å². The topological polar surface area (TPSA) is 125 Å². The lowest BCUT2D eigenvalue weighted by Crippen LogP contribution is -2.16. The van der Waals surface area contributed by atoms with E-state index in [-0.39, 0.29) is 28.9 Å². The molecule has 0 aliphatic carbocycles. The van der Waals surface area contributed by atoms with Gasteiger partial charge in [0.25, 0.3) is 0 Å². The van der Waals surface area contributed by atoms with Crippen molar-refractivity contribution in [2.24, 2.45) is 5.73 Å². The normalized spacial score (nSPS) is 11.0. The second-order valence-electron chi connectivity index (χ2n) is 6.39. The summed E-state index contributed by atoms with van der Waals surface area (Å²) in [7, 11) is 0. The summed E-state index contributed by atoms with van der Waals surface area (Å²) in [6.07, 6.45) is 1.93. The molecule has 0 spiro atoms. The minimum atomic E-state index is -3.00. The van der Waals surface area contributed by atoms with Crippen LogP contribution in [0.1, 0.15) is 18.0 Å². The highest BCUT2D eigenvalue weighted by Crippen LogP contribution is 2.29. The molecule has 0 unspecified atom stereocenters. The first-order valence-corrected chi connectivity index (χ1v) is 10.6. The number of carbonyl (C=O) groups excluding carboxylic acids is 2. The van der Waals surface area contributed by atoms with Gasteiger partial charge in [-0.1, -0.05) is 23.4 Å². The van der Waals surface area contributed by atoms with Crippen LogP contribution in [0.2, 0.25) is 5.02 Å². The maximum Gasteiger partial charge on any atom is 0.387 e. The number of nitrogens with one attached hydrogen (secondary N) is 1. The number of anilines is 1. The molecule has 2 amide bonds. The summed E-state index contributed by atoms with van der Waals surface area (Å²) in [6, 6.07) is 7.47. The van der Waals surface area contributed by atoms with Crippen LogP contribution in [0.5, 0.6) is 5.75 Å². The van der Waals surface area contributed by atoms with Crippen LogP contribution < -0.4 is 15.8 Å². The third-order valence-electron chi connectivity index (χ3n) is 4.05. The first kappa shape index (κ1) is 23.5. The molecule has 0 atom stereocenters. The summed E-state index contributed by atoms with van der Waals surface area (Å²) in [5.41, 5.74) is 5.54. The summed E-state index contributed by atoms with van der Waals surface area (Å²) in [6.45, 7) is -2.69. The fourth-order valence-corrected chi connectivity index (χ4v) is 3.64. The number of hydrogen-bond acceptors (Lipinski definition) is 7. The zero-order valence-corrected chi connectivity index (χ0v) is 18.0. The smallest absolute Gasteiger partial charge is 0.387 e. The quantitative estimate of drug-likeness (QED) is 0.399. The van der Waals surface area contributed by atoms with Crippen LogP contribution in [-0.4, -0.2) is 38.9 Å². The van der Waals surface area contributed by atoms with Gasteiger partial charge in [-0.25, -0.2) is 0 Å². The van der Waals surface area contributed by atoms with Crippen molar-refractivity contribution in [2.45, 2.75) is 31.2 Å². The van der Waals surface area contributed by atoms with Crippen molar-refractivity contribution in [3.8, 4) is 5.75 Å². The maximum atomic E-state index is 12.3. The second kappa shape index (κ2) is 11.0. The Hall–Kier alpha value is -3.12. The molecule has 3 aromatic rings. The fraction of sp³-hybridized carbons (Fsp3) is 0.263. The van der Waals surface area contributed by atoms with E-state index < -0.39 is 12.5 Å². The predicted molar refractivity (Wildman–Crippen MR) is 113 cm³/mol. The van der Waals surface area contributed by atoms with Crippen molar-refractivity contribution < 1.29 is 27.5 Å². The molecule has 0 bridgehead atoms. The Balaban J connectivity index is 1.64. The Kier molecular flexibility index (Phi) is 8.06. The third kappa shape index (κ3) is 6.69. The molecule has 2 heterocycles. The number of nitrogens with zero attached hydrogens (tertiary/aromatic N) is 3. The summed E-state index contributed by atoms with van der Waals surface area (Å²) >= 11 is 7.02. The molecule has 13 heteroatoms. The van der Waals surface area contributed by atoms with E-state index in [4.69, 9.17) is 21.8 Å². The highest BCUT2D eigenvalue weighted by molar-refractivity contribution is 7.99. The van der Waals surface area contributed by atoms with Gasteiger partial charge in [0.1, 0.15) is 17.3 Å². The molecule has 2 aromatic heterocycles. The van der Waals surface area contributed by atoms with Crippen LogP contribution in [0.25, 0.3) is 0 Å². The van der Waals surface area contributed by atoms with Crippen LogP contribution in [-0.2, 0) is 22.6 Å². The number of benzene rings is 1. The summed E-state index contributed by atoms with van der Waals surface area (Å²) < 4.78 is 36.0. The standard InChI is InChI=1S/C19H18ClF2N5O4S/c20-13-8-11(3-4-14(13)31-18(21)22)24-17(29)10-32-19-26-25-16(6-5-15(23)28)27(19)9-12-2-1-7-30-12/h1-4,7-8,18H,5-6,9-10H2,(H2,23,28)(H,24,29). The summed E-state index contributed by atoms with van der Waals surface area (Å²) in [4.78, 5) is 23.5. The van der Waals surface area contributed by atoms with Gasteiger partial charge >= 0.3 is 6.61 Å². The van der Waals surface area contributed by atoms with Gasteiger partial charge in [0.15, 0.2) is 5.16 Å². The monoisotopic (exact) mass is 485 g/mol. The van der Waals surface area contributed by atoms with Crippen molar-refractivity contribution in [2.75, 3.05) is 11.1 Å². The molecule has 9 nitrogen and oxygen atoms in total. The minimum Gasteiger partial charge on any atom is -0.467 e. The molecule has 0 saturated heterocycles. The number of amides is 2. The molecular formula is C19H18ClF2N5O4S. The van der Waals surface area contributed by atoms with Crippen LogP contribution in [0.3, 0.4) is 0 Å². The number of nitrogens with two attached hydrogens (primary N) is 1. The van der Waals surface area contributed by atoms with Gasteiger partial charge in [-0.3, -0.25) is 14.2 Å². The van der Waals surface area contributed by atoms with E-state index >= 15 is 0 Å². The minimum absolute atomic E-state index is 0.0149. The van der Waals surface area contributed by atoms with Gasteiger partial charge in [-0.2, -0.15) is 8.78 Å². The third-order valence-corrected chi connectivity index (χ3v) is 5.31. The second-order valence-corrected chi connectivity index (χ2v) is 7.74. The van der Waals surface area contributed by atoms with Crippen molar-refractivity contribution in [3.63, 3.8) is 0 Å². The number of aryl methyl sites for hydroxylation is 1. The van der Waals surface area contributed by atoms with Gasteiger partial charge in [0.05, 0.1) is 23.6 Å². The number of ether oxygens (including phenoxy) is 1. The average Bonchev–Trinajstić information content (AvgIpc) is 3.37. The number of primary amides is 1. The Morgan fingerprint density at radius 1 is 1.31 bits per heavy atom. The summed E-state index contributed by atoms with van der Waals surface area (Å²) in [5, 5.41) is 11.2. The van der Waals surface area contributed by atoms with E-state index in [1.165, 1.54) is 24.5 Å². The van der Waals surface area contributed by atoms with E-state index in [2.05, 4.69) is 20.3 Å². The van der Waals surface area contributed by atoms with Crippen LogP contribution in [0.15, 0.2) is 46.2 Å². The fourth-order valence-electron chi connectivity index (χ4n) is 2.66. The zero-order valence-electron chi connectivity index (χ0n) is 16.5. The van der Waals surface area contributed by atoms with Crippen LogP contribution >= 0.6 is 23.4 Å². The lowest BCUT2D eigenvalue weighted by molar-refractivity contribution is -0.118. The van der Waals surface area contributed by atoms with E-state index in [0.29, 0.717) is 35.4 Å². The predicted octanol–water partition coefficient (Wildman–Crippen LogP) is 3.32. The summed E-state index contributed by atoms with van der Waals surface area (Å²) in [5.74, 6) is 0.138. The van der Waals surface area contributed by atoms with Gasteiger partial charge in [0.2, 0.25) is 11.8 Å². The zero-order chi connectivity index (χ0) is 23.1. The Morgan fingerprint density at radius 3 is 2.78 bits per heavy atom. The molecule has 0 radical (unpaired) electrons. The number of rotatable bonds is 11. The highest BCUT2D eigenvalue weighted by Gasteiger charge is 2.17. The Bertz CT molecular complexity index is 1080. The van der Waals surface area contributed by atoms with Crippen molar-refractivity contribution in [1.29, 1.82) is 0 Å². The van der Waals surface area contributed by atoms with Crippen molar-refractivity contribution in [3.05, 3.63) is 53.2 Å². The number of thioether (sulfide) groups is 1. The largest absolute Gasteiger partial charge is 0.467 e. The molecule has 3 N–H and O–H groups in total. The SMILES string of the molecule is NC(=O)CCc1nnc(SCC(=O)Nc2ccc(OC(F)F)c(Cl)c2)n1Cc1ccco1. The number of alkyl halides is 2. The Morgan fingerprint density at radius 2 is 2.12 bits per heavy atom. The van der Waals surface area contributed by atoms with Crippen molar-refractivity contribution in [1.82, 2.24) is 14.8 Å². The van der Waals surface area contributed by atoms with Crippen LogP contribution in [0.4, 0.5) is 14.5 Å². The van der Waals surface area contributed by atoms with E-state index in [1.54, 1.807) is 16.7 Å². The highest BCUT2D eigenvalue weighted by atomic mass is 35.5. The van der Waals surface area contributed by atoms with E-state index in [9.17, 15) is 18.4 Å². The molecule has 0 saturated carbocycles. The van der Waals surface area contributed by atoms with Gasteiger partial charge in [-0.15, -0.1) is 10.2 Å². The molecule has 170 valence electrons. The average molecular weight is 486 g/mol. The van der Waals surface area contributed by atoms with Crippen LogP contribution in [0, 0.1) is 0 Å². The molecule has 32 heavy (non-hydrogen) atoms. The first-order chi connectivity index (χ1) is 15.3. The number of carbonyl (C=O) groups is 2. The first-order valence-electron chi connectivity index (χ1n) is 9.21. The van der Waals surface area contributed by atoms with E-state index in [1.807, 2.05) is 0 Å². The number of hydrogen-bond donors (Lipinski definition) is 2. The molecule has 0 aliphatic rings.